The van der Waals surface area contributed by atoms with Gasteiger partial charge in [0.15, 0.2) is 6.61 Å². The van der Waals surface area contributed by atoms with Gasteiger partial charge in [-0.05, 0) is 35.9 Å². The summed E-state index contributed by atoms with van der Waals surface area (Å²) in [4.78, 5) is 23.3. The minimum atomic E-state index is -0.865. The average molecular weight is 381 g/mol. The summed E-state index contributed by atoms with van der Waals surface area (Å²) in [5.74, 6) is -3.18. The van der Waals surface area contributed by atoms with E-state index in [-0.39, 0.29) is 0 Å². The van der Waals surface area contributed by atoms with Crippen LogP contribution < -0.4 is 0 Å². The largest absolute Gasteiger partial charge is 0.454 e. The number of rotatable bonds is 5. The molecule has 0 atom stereocenters. The molecule has 0 saturated carbocycles. The number of carbonyl (C=O) groups is 2. The number of halogens is 3. The lowest BCUT2D eigenvalue weighted by atomic mass is 10.1. The maximum absolute atomic E-state index is 13.4. The second-order valence-electron chi connectivity index (χ2n) is 4.51. The Morgan fingerprint density at radius 1 is 1.13 bits per heavy atom. The van der Waals surface area contributed by atoms with E-state index in [0.29, 0.717) is 0 Å². The number of ketones is 1. The molecular weight excluding hydrogens is 370 g/mol. The highest BCUT2D eigenvalue weighted by atomic mass is 79.9. The van der Waals surface area contributed by atoms with Crippen molar-refractivity contribution in [2.45, 2.75) is 0 Å². The lowest BCUT2D eigenvalue weighted by Gasteiger charge is -2.03. The van der Waals surface area contributed by atoms with Crippen LogP contribution in [0.15, 0.2) is 53.0 Å². The number of hydrogen-bond acceptors (Lipinski definition) is 3. The molecule has 0 radical (unpaired) electrons. The Morgan fingerprint density at radius 3 is 2.61 bits per heavy atom. The van der Waals surface area contributed by atoms with Crippen LogP contribution in [-0.4, -0.2) is 18.4 Å². The first-order chi connectivity index (χ1) is 11.0. The molecule has 0 aliphatic carbocycles. The Balaban J connectivity index is 1.95. The van der Waals surface area contributed by atoms with Gasteiger partial charge < -0.3 is 4.74 Å². The van der Waals surface area contributed by atoms with Crippen LogP contribution in [0.5, 0.6) is 0 Å². The summed E-state index contributed by atoms with van der Waals surface area (Å²) in [7, 11) is 0. The van der Waals surface area contributed by atoms with Gasteiger partial charge in [-0.15, -0.1) is 0 Å². The van der Waals surface area contributed by atoms with Crippen LogP contribution in [0.25, 0.3) is 6.08 Å². The fourth-order valence-electron chi connectivity index (χ4n) is 1.74. The lowest BCUT2D eigenvalue weighted by Crippen LogP contribution is -2.14. The Hall–Kier alpha value is -2.34. The van der Waals surface area contributed by atoms with Crippen LogP contribution in [0, 0.1) is 11.6 Å². The standard InChI is InChI=1S/C17H11BrF2O3/c18-14-4-2-1-3-11(14)5-8-17(22)23-10-16(21)13-9-12(19)6-7-15(13)20/h1-9H,10H2/b8-5+. The van der Waals surface area contributed by atoms with E-state index >= 15 is 0 Å². The second-order valence-corrected chi connectivity index (χ2v) is 5.36. The number of ether oxygens (including phenoxy) is 1. The molecular formula is C17H11BrF2O3. The normalized spacial score (nSPS) is 10.7. The molecule has 0 unspecified atom stereocenters. The number of Topliss-reactive ketones (excluding diaryl/α,β-unsaturated/α-hetero) is 1. The topological polar surface area (TPSA) is 43.4 Å². The molecule has 118 valence electrons. The highest BCUT2D eigenvalue weighted by Gasteiger charge is 2.14. The van der Waals surface area contributed by atoms with Gasteiger partial charge in [0.2, 0.25) is 5.78 Å². The van der Waals surface area contributed by atoms with Gasteiger partial charge in [-0.1, -0.05) is 34.1 Å². The first kappa shape index (κ1) is 17.0. The molecule has 0 spiro atoms. The molecule has 23 heavy (non-hydrogen) atoms. The van der Waals surface area contributed by atoms with Crippen molar-refractivity contribution in [3.63, 3.8) is 0 Å². The van der Waals surface area contributed by atoms with E-state index in [2.05, 4.69) is 15.9 Å². The zero-order valence-electron chi connectivity index (χ0n) is 11.8. The lowest BCUT2D eigenvalue weighted by molar-refractivity contribution is -0.136. The van der Waals surface area contributed by atoms with Crippen LogP contribution in [0.3, 0.4) is 0 Å². The maximum atomic E-state index is 13.4. The van der Waals surface area contributed by atoms with Gasteiger partial charge in [-0.25, -0.2) is 13.6 Å². The number of carbonyl (C=O) groups excluding carboxylic acids is 2. The molecule has 0 saturated heterocycles. The van der Waals surface area contributed by atoms with Crippen LogP contribution in [0.2, 0.25) is 0 Å². The molecule has 2 aromatic rings. The third-order valence-corrected chi connectivity index (χ3v) is 3.60. The van der Waals surface area contributed by atoms with Crippen LogP contribution in [0.4, 0.5) is 8.78 Å². The molecule has 0 bridgehead atoms. The molecule has 2 rings (SSSR count). The van der Waals surface area contributed by atoms with E-state index in [1.54, 1.807) is 18.2 Å². The summed E-state index contributed by atoms with van der Waals surface area (Å²) in [6.45, 7) is -0.667. The van der Waals surface area contributed by atoms with Crippen LogP contribution >= 0.6 is 15.9 Å². The van der Waals surface area contributed by atoms with Gasteiger partial charge >= 0.3 is 5.97 Å². The molecule has 0 aliphatic heterocycles. The van der Waals surface area contributed by atoms with Gasteiger partial charge in [-0.2, -0.15) is 0 Å². The van der Waals surface area contributed by atoms with E-state index < -0.39 is 35.6 Å². The predicted molar refractivity (Wildman–Crippen MR) is 84.8 cm³/mol. The number of hydrogen-bond donors (Lipinski definition) is 0. The molecule has 0 heterocycles. The quantitative estimate of drug-likeness (QED) is 0.444. The molecule has 3 nitrogen and oxygen atoms in total. The summed E-state index contributed by atoms with van der Waals surface area (Å²) < 4.78 is 31.9. The Bertz CT molecular complexity index is 772. The number of benzene rings is 2. The van der Waals surface area contributed by atoms with Gasteiger partial charge in [0, 0.05) is 10.5 Å². The molecule has 0 aliphatic rings. The minimum Gasteiger partial charge on any atom is -0.454 e. The van der Waals surface area contributed by atoms with Gasteiger partial charge in [-0.3, -0.25) is 4.79 Å². The van der Waals surface area contributed by atoms with Crippen molar-refractivity contribution in [2.75, 3.05) is 6.61 Å². The summed E-state index contributed by atoms with van der Waals surface area (Å²) in [6.07, 6.45) is 2.66. The fourth-order valence-corrected chi connectivity index (χ4v) is 2.16. The SMILES string of the molecule is O=C(/C=C/c1ccccc1Br)OCC(=O)c1cc(F)ccc1F. The Labute approximate surface area is 139 Å². The van der Waals surface area contributed by atoms with Crippen molar-refractivity contribution < 1.29 is 23.1 Å². The monoisotopic (exact) mass is 380 g/mol. The first-order valence-corrected chi connectivity index (χ1v) is 7.34. The van der Waals surface area contributed by atoms with E-state index in [9.17, 15) is 18.4 Å². The summed E-state index contributed by atoms with van der Waals surface area (Å²) in [5.41, 5.74) is 0.305. The Morgan fingerprint density at radius 2 is 1.87 bits per heavy atom. The smallest absolute Gasteiger partial charge is 0.331 e. The van der Waals surface area contributed by atoms with Gasteiger partial charge in [0.1, 0.15) is 11.6 Å². The summed E-state index contributed by atoms with van der Waals surface area (Å²) >= 11 is 3.32. The van der Waals surface area contributed by atoms with Crippen molar-refractivity contribution in [1.82, 2.24) is 0 Å². The highest BCUT2D eigenvalue weighted by Crippen LogP contribution is 2.17. The first-order valence-electron chi connectivity index (χ1n) is 6.55. The minimum absolute atomic E-state index is 0.451. The third kappa shape index (κ3) is 4.82. The average Bonchev–Trinajstić information content (AvgIpc) is 2.54. The zero-order valence-corrected chi connectivity index (χ0v) is 13.3. The predicted octanol–water partition coefficient (Wildman–Crippen LogP) is 4.17. The van der Waals surface area contributed by atoms with E-state index in [1.165, 1.54) is 6.08 Å². The summed E-state index contributed by atoms with van der Waals surface area (Å²) in [6, 6.07) is 9.72. The van der Waals surface area contributed by atoms with Gasteiger partial charge in [0.25, 0.3) is 0 Å². The molecule has 0 aromatic heterocycles. The van der Waals surface area contributed by atoms with Crippen molar-refractivity contribution >= 4 is 33.8 Å². The molecule has 0 N–H and O–H groups in total. The zero-order chi connectivity index (χ0) is 16.8. The Kier molecular flexibility index (Phi) is 5.76. The van der Waals surface area contributed by atoms with Crippen molar-refractivity contribution in [3.05, 3.63) is 75.8 Å². The van der Waals surface area contributed by atoms with E-state index in [0.717, 1.165) is 34.3 Å². The van der Waals surface area contributed by atoms with Crippen LogP contribution in [0.1, 0.15) is 15.9 Å². The van der Waals surface area contributed by atoms with Crippen molar-refractivity contribution in [3.8, 4) is 0 Å². The van der Waals surface area contributed by atoms with Crippen molar-refractivity contribution in [2.24, 2.45) is 0 Å². The number of esters is 1. The second kappa shape index (κ2) is 7.78. The fraction of sp³-hybridized carbons (Fsp3) is 0.0588. The molecule has 6 heteroatoms. The van der Waals surface area contributed by atoms with Crippen LogP contribution in [-0.2, 0) is 9.53 Å². The van der Waals surface area contributed by atoms with Gasteiger partial charge in [0.05, 0.1) is 5.56 Å². The molecule has 2 aromatic carbocycles. The maximum Gasteiger partial charge on any atom is 0.331 e. The third-order valence-electron chi connectivity index (χ3n) is 2.88. The van der Waals surface area contributed by atoms with E-state index in [4.69, 9.17) is 4.74 Å². The molecule has 0 amide bonds. The molecule has 0 fully saturated rings. The highest BCUT2D eigenvalue weighted by molar-refractivity contribution is 9.10. The summed E-state index contributed by atoms with van der Waals surface area (Å²) in [5, 5.41) is 0. The van der Waals surface area contributed by atoms with Crippen molar-refractivity contribution in [1.29, 1.82) is 0 Å². The van der Waals surface area contributed by atoms with E-state index in [1.807, 2.05) is 6.07 Å².